The van der Waals surface area contributed by atoms with Crippen LogP contribution in [0.25, 0.3) is 0 Å². The molecule has 2 rings (SSSR count). The van der Waals surface area contributed by atoms with E-state index in [9.17, 15) is 9.18 Å². The second kappa shape index (κ2) is 4.07. The van der Waals surface area contributed by atoms with Crippen molar-refractivity contribution in [2.75, 3.05) is 5.32 Å². The fraction of sp³-hybridized carbons (Fsp3) is 0.333. The lowest BCUT2D eigenvalue weighted by Gasteiger charge is -2.14. The van der Waals surface area contributed by atoms with Crippen LogP contribution >= 0.6 is 12.2 Å². The molecule has 0 spiro atoms. The van der Waals surface area contributed by atoms with E-state index >= 15 is 0 Å². The Labute approximate surface area is 104 Å². The fourth-order valence-corrected chi connectivity index (χ4v) is 2.07. The Morgan fingerprint density at radius 2 is 2.12 bits per heavy atom. The van der Waals surface area contributed by atoms with E-state index in [2.05, 4.69) is 5.32 Å². The first-order chi connectivity index (χ1) is 7.94. The van der Waals surface area contributed by atoms with Crippen molar-refractivity contribution in [2.24, 2.45) is 11.1 Å². The lowest BCUT2D eigenvalue weighted by atomic mass is 10.1. The van der Waals surface area contributed by atoms with Gasteiger partial charge in [0.2, 0.25) is 5.91 Å². The Morgan fingerprint density at radius 3 is 2.59 bits per heavy atom. The van der Waals surface area contributed by atoms with Gasteiger partial charge in [0.25, 0.3) is 0 Å². The van der Waals surface area contributed by atoms with Crippen molar-refractivity contribution >= 4 is 28.8 Å². The number of thiocarbonyl (C=S) groups is 1. The van der Waals surface area contributed by atoms with Gasteiger partial charge in [-0.05, 0) is 43.5 Å². The Hall–Kier alpha value is -1.49. The lowest BCUT2D eigenvalue weighted by Crippen LogP contribution is -2.35. The Kier molecular flexibility index (Phi) is 2.87. The average molecular weight is 252 g/mol. The van der Waals surface area contributed by atoms with E-state index in [0.29, 0.717) is 18.5 Å². The number of anilines is 1. The summed E-state index contributed by atoms with van der Waals surface area (Å²) in [5.41, 5.74) is 6.02. The maximum Gasteiger partial charge on any atom is 0.237 e. The third kappa shape index (κ3) is 2.29. The standard InChI is InChI=1S/C12H13FN2OS/c1-7-4-8(13)6-9(5-7)15-11(16)12(2-3-12)10(14)17/h4-6H,2-3H2,1H3,(H2,14,17)(H,15,16). The molecule has 3 N–H and O–H groups in total. The van der Waals surface area contributed by atoms with Crippen molar-refractivity contribution in [1.29, 1.82) is 0 Å². The number of amides is 1. The Bertz CT molecular complexity index is 477. The minimum Gasteiger partial charge on any atom is -0.392 e. The van der Waals surface area contributed by atoms with Gasteiger partial charge in [-0.2, -0.15) is 0 Å². The molecule has 1 aromatic rings. The average Bonchev–Trinajstić information content (AvgIpc) is 2.95. The van der Waals surface area contributed by atoms with Gasteiger partial charge in [-0.25, -0.2) is 4.39 Å². The van der Waals surface area contributed by atoms with Crippen LogP contribution < -0.4 is 11.1 Å². The summed E-state index contributed by atoms with van der Waals surface area (Å²) in [6.07, 6.45) is 1.34. The molecule has 1 fully saturated rings. The highest BCUT2D eigenvalue weighted by Crippen LogP contribution is 2.46. The number of nitrogens with one attached hydrogen (secondary N) is 1. The van der Waals surface area contributed by atoms with E-state index in [0.717, 1.165) is 5.56 Å². The van der Waals surface area contributed by atoms with Gasteiger partial charge in [0.05, 0.1) is 10.4 Å². The van der Waals surface area contributed by atoms with Gasteiger partial charge >= 0.3 is 0 Å². The fourth-order valence-electron chi connectivity index (χ4n) is 1.77. The highest BCUT2D eigenvalue weighted by atomic mass is 32.1. The monoisotopic (exact) mass is 252 g/mol. The number of hydrogen-bond donors (Lipinski definition) is 2. The highest BCUT2D eigenvalue weighted by molar-refractivity contribution is 7.80. The molecule has 0 aliphatic heterocycles. The molecule has 0 aromatic heterocycles. The van der Waals surface area contributed by atoms with Crippen molar-refractivity contribution in [1.82, 2.24) is 0 Å². The zero-order valence-corrected chi connectivity index (χ0v) is 10.2. The molecule has 1 aromatic carbocycles. The summed E-state index contributed by atoms with van der Waals surface area (Å²) in [7, 11) is 0. The normalized spacial score (nSPS) is 16.4. The van der Waals surface area contributed by atoms with E-state index in [1.165, 1.54) is 12.1 Å². The molecule has 0 unspecified atom stereocenters. The molecule has 0 bridgehead atoms. The zero-order valence-electron chi connectivity index (χ0n) is 9.42. The second-order valence-corrected chi connectivity index (χ2v) is 4.86. The molecular weight excluding hydrogens is 239 g/mol. The van der Waals surface area contributed by atoms with Crippen LogP contribution in [0.3, 0.4) is 0 Å². The summed E-state index contributed by atoms with van der Waals surface area (Å²) in [6, 6.07) is 4.38. The van der Waals surface area contributed by atoms with Crippen LogP contribution in [-0.2, 0) is 4.79 Å². The Morgan fingerprint density at radius 1 is 1.47 bits per heavy atom. The molecule has 1 aliphatic rings. The summed E-state index contributed by atoms with van der Waals surface area (Å²) in [6.45, 7) is 1.76. The second-order valence-electron chi connectivity index (χ2n) is 4.42. The van der Waals surface area contributed by atoms with Gasteiger partial charge in [-0.3, -0.25) is 4.79 Å². The minimum absolute atomic E-state index is 0.211. The number of halogens is 1. The summed E-state index contributed by atoms with van der Waals surface area (Å²) >= 11 is 4.88. The maximum absolute atomic E-state index is 13.1. The molecule has 0 atom stereocenters. The van der Waals surface area contributed by atoms with Crippen molar-refractivity contribution in [3.63, 3.8) is 0 Å². The van der Waals surface area contributed by atoms with Crippen molar-refractivity contribution in [3.8, 4) is 0 Å². The van der Waals surface area contributed by atoms with Gasteiger partial charge in [0.15, 0.2) is 0 Å². The number of aryl methyl sites for hydroxylation is 1. The molecule has 3 nitrogen and oxygen atoms in total. The van der Waals surface area contributed by atoms with Crippen molar-refractivity contribution < 1.29 is 9.18 Å². The third-order valence-electron chi connectivity index (χ3n) is 2.96. The number of rotatable bonds is 3. The smallest absolute Gasteiger partial charge is 0.237 e. The van der Waals surface area contributed by atoms with E-state index in [1.54, 1.807) is 13.0 Å². The SMILES string of the molecule is Cc1cc(F)cc(NC(=O)C2(C(N)=S)CC2)c1. The number of carbonyl (C=O) groups is 1. The topological polar surface area (TPSA) is 55.1 Å². The van der Waals surface area contributed by atoms with Crippen LogP contribution in [-0.4, -0.2) is 10.9 Å². The van der Waals surface area contributed by atoms with Gasteiger partial charge < -0.3 is 11.1 Å². The molecule has 1 amide bonds. The van der Waals surface area contributed by atoms with E-state index in [4.69, 9.17) is 18.0 Å². The maximum atomic E-state index is 13.1. The van der Waals surface area contributed by atoms with Crippen LogP contribution in [0.1, 0.15) is 18.4 Å². The molecule has 1 aliphatic carbocycles. The molecule has 17 heavy (non-hydrogen) atoms. The van der Waals surface area contributed by atoms with Gasteiger partial charge in [0.1, 0.15) is 5.82 Å². The van der Waals surface area contributed by atoms with Crippen LogP contribution in [0.4, 0.5) is 10.1 Å². The zero-order chi connectivity index (χ0) is 12.6. The summed E-state index contributed by atoms with van der Waals surface area (Å²) in [4.78, 5) is 12.2. The first kappa shape index (κ1) is 12.0. The van der Waals surface area contributed by atoms with Gasteiger partial charge in [-0.1, -0.05) is 12.2 Å². The molecule has 0 saturated heterocycles. The molecule has 0 heterocycles. The minimum atomic E-state index is -0.713. The lowest BCUT2D eigenvalue weighted by molar-refractivity contribution is -0.118. The quantitative estimate of drug-likeness (QED) is 0.810. The van der Waals surface area contributed by atoms with E-state index < -0.39 is 5.41 Å². The van der Waals surface area contributed by atoms with Crippen LogP contribution in [0, 0.1) is 18.2 Å². The first-order valence-corrected chi connectivity index (χ1v) is 5.73. The molecule has 90 valence electrons. The van der Waals surface area contributed by atoms with Crippen LogP contribution in [0.2, 0.25) is 0 Å². The van der Waals surface area contributed by atoms with Crippen LogP contribution in [0.15, 0.2) is 18.2 Å². The largest absolute Gasteiger partial charge is 0.392 e. The summed E-state index contributed by atoms with van der Waals surface area (Å²) < 4.78 is 13.1. The first-order valence-electron chi connectivity index (χ1n) is 5.33. The van der Waals surface area contributed by atoms with Crippen molar-refractivity contribution in [2.45, 2.75) is 19.8 Å². The molecular formula is C12H13FN2OS. The number of nitrogens with two attached hydrogens (primary N) is 1. The van der Waals surface area contributed by atoms with Crippen molar-refractivity contribution in [3.05, 3.63) is 29.6 Å². The van der Waals surface area contributed by atoms with E-state index in [-0.39, 0.29) is 16.7 Å². The molecule has 0 radical (unpaired) electrons. The molecule has 1 saturated carbocycles. The van der Waals surface area contributed by atoms with Gasteiger partial charge in [0, 0.05) is 5.69 Å². The molecule has 5 heteroatoms. The number of hydrogen-bond acceptors (Lipinski definition) is 2. The highest BCUT2D eigenvalue weighted by Gasteiger charge is 2.52. The van der Waals surface area contributed by atoms with Gasteiger partial charge in [-0.15, -0.1) is 0 Å². The summed E-state index contributed by atoms with van der Waals surface area (Å²) in [5.74, 6) is -0.615. The summed E-state index contributed by atoms with van der Waals surface area (Å²) in [5, 5.41) is 2.66. The third-order valence-corrected chi connectivity index (χ3v) is 3.35. The number of benzene rings is 1. The van der Waals surface area contributed by atoms with Crippen LogP contribution in [0.5, 0.6) is 0 Å². The Balaban J connectivity index is 2.16. The number of carbonyl (C=O) groups excluding carboxylic acids is 1. The predicted octanol–water partition coefficient (Wildman–Crippen LogP) is 2.14. The predicted molar refractivity (Wildman–Crippen MR) is 68.2 cm³/mol. The van der Waals surface area contributed by atoms with E-state index in [1.807, 2.05) is 0 Å².